The average molecular weight is 1150 g/mol. The first-order valence-corrected chi connectivity index (χ1v) is 32.3. The second-order valence-corrected chi connectivity index (χ2v) is 22.1. The summed E-state index contributed by atoms with van der Waals surface area (Å²) in [5, 5.41) is 0. The van der Waals surface area contributed by atoms with Gasteiger partial charge in [0.25, 0.3) is 0 Å². The number of esters is 2. The molecule has 0 rings (SSSR count). The molecule has 0 amide bonds. The van der Waals surface area contributed by atoms with Crippen LogP contribution in [0, 0.1) is 0 Å². The second kappa shape index (κ2) is 60.2. The monoisotopic (exact) mass is 1150 g/mol. The molecule has 9 nitrogen and oxygen atoms in total. The largest absolute Gasteiger partial charge is 0.472 e. The lowest BCUT2D eigenvalue weighted by Gasteiger charge is -2.24. The van der Waals surface area contributed by atoms with Crippen LogP contribution >= 0.6 is 7.82 Å². The van der Waals surface area contributed by atoms with Gasteiger partial charge in [0, 0.05) is 12.8 Å². The molecule has 0 heterocycles. The molecular formula is C72H111NO8P+. The Balaban J connectivity index is 4.35. The van der Waals surface area contributed by atoms with Crippen LogP contribution in [0.3, 0.4) is 0 Å². The molecule has 2 atom stereocenters. The minimum absolute atomic E-state index is 0.00397. The highest BCUT2D eigenvalue weighted by molar-refractivity contribution is 7.47. The van der Waals surface area contributed by atoms with Crippen LogP contribution in [0.5, 0.6) is 0 Å². The van der Waals surface area contributed by atoms with Crippen LogP contribution < -0.4 is 0 Å². The van der Waals surface area contributed by atoms with Crippen LogP contribution in [0.4, 0.5) is 0 Å². The molecule has 82 heavy (non-hydrogen) atoms. The van der Waals surface area contributed by atoms with E-state index in [2.05, 4.69) is 220 Å². The van der Waals surface area contributed by atoms with Gasteiger partial charge in [-0.1, -0.05) is 233 Å². The molecule has 0 aromatic rings. The van der Waals surface area contributed by atoms with Gasteiger partial charge in [0.05, 0.1) is 27.7 Å². The number of quaternary nitrogens is 1. The Morgan fingerprint density at radius 2 is 0.671 bits per heavy atom. The van der Waals surface area contributed by atoms with Crippen molar-refractivity contribution < 1.29 is 42.1 Å². The van der Waals surface area contributed by atoms with Gasteiger partial charge in [-0.2, -0.15) is 0 Å². The number of hydrogen-bond donors (Lipinski definition) is 1. The lowest BCUT2D eigenvalue weighted by atomic mass is 10.1. The smallest absolute Gasteiger partial charge is 0.462 e. The van der Waals surface area contributed by atoms with Crippen molar-refractivity contribution in [2.24, 2.45) is 0 Å². The lowest BCUT2D eigenvalue weighted by molar-refractivity contribution is -0.870. The third-order valence-electron chi connectivity index (χ3n) is 11.8. The molecule has 0 aromatic carbocycles. The molecule has 0 saturated carbocycles. The van der Waals surface area contributed by atoms with Crippen LogP contribution in [-0.4, -0.2) is 74.9 Å². The van der Waals surface area contributed by atoms with Crippen molar-refractivity contribution >= 4 is 19.8 Å². The van der Waals surface area contributed by atoms with E-state index in [1.165, 1.54) is 0 Å². The summed E-state index contributed by atoms with van der Waals surface area (Å²) in [4.78, 5) is 35.7. The maximum Gasteiger partial charge on any atom is 0.472 e. The summed E-state index contributed by atoms with van der Waals surface area (Å²) >= 11 is 0. The predicted molar refractivity (Wildman–Crippen MR) is 352 cm³/mol. The van der Waals surface area contributed by atoms with Gasteiger partial charge in [0.2, 0.25) is 0 Å². The normalized spacial score (nSPS) is 14.7. The van der Waals surface area contributed by atoms with Crippen molar-refractivity contribution in [2.45, 2.75) is 187 Å². The summed E-state index contributed by atoms with van der Waals surface area (Å²) in [6, 6.07) is 0. The van der Waals surface area contributed by atoms with Gasteiger partial charge in [-0.05, 0) is 141 Å². The van der Waals surface area contributed by atoms with Crippen LogP contribution in [0.2, 0.25) is 0 Å². The van der Waals surface area contributed by atoms with Crippen molar-refractivity contribution in [3.8, 4) is 0 Å². The fraction of sp³-hybridized carbons (Fsp3) is 0.500. The number of allylic oxidation sites excluding steroid dienone is 34. The van der Waals surface area contributed by atoms with Crippen LogP contribution in [-0.2, 0) is 32.7 Å². The fourth-order valence-electron chi connectivity index (χ4n) is 7.15. The standard InChI is InChI=1S/C72H110NO8P/c1-6-8-10-12-14-16-18-20-22-24-26-28-30-31-32-33-34-35-36-37-38-39-40-41-43-45-47-49-51-53-55-57-59-61-63-65-72(75)81-70(69-80-82(76,77)79-67-66-73(3,4)5)68-78-71(74)64-62-60-58-56-54-52-50-48-46-44-42-29-27-25-23-21-19-17-15-13-11-9-7-2/h8-11,14-17,20-23,26-29,31-32,34-35,37-38,40-41,44-47,50-53,56,58,70H,6-7,12-13,18-19,24-25,30,33,36,39,42-43,48-49,54-55,57,59-69H2,1-5H3/p+1/b10-8-,11-9-,16-14-,17-15-,22-20-,23-21-,28-26-,29-27-,32-31-,35-34-,38-37-,41-40-,46-44-,47-45-,52-50-,53-51-,58-56-. The number of ether oxygens (including phenoxy) is 2. The van der Waals surface area contributed by atoms with E-state index in [9.17, 15) is 19.0 Å². The molecule has 0 spiro atoms. The molecule has 1 N–H and O–H groups in total. The summed E-state index contributed by atoms with van der Waals surface area (Å²) < 4.78 is 34.5. The Labute approximate surface area is 500 Å². The Bertz CT molecular complexity index is 2130. The van der Waals surface area contributed by atoms with E-state index in [0.717, 1.165) is 141 Å². The number of hydrogen-bond acceptors (Lipinski definition) is 7. The van der Waals surface area contributed by atoms with Gasteiger partial charge in [0.15, 0.2) is 6.10 Å². The molecule has 0 aliphatic heterocycles. The van der Waals surface area contributed by atoms with Gasteiger partial charge >= 0.3 is 19.8 Å². The fourth-order valence-corrected chi connectivity index (χ4v) is 7.89. The van der Waals surface area contributed by atoms with Gasteiger partial charge in [-0.15, -0.1) is 0 Å². The second-order valence-electron chi connectivity index (χ2n) is 20.6. The van der Waals surface area contributed by atoms with Crippen molar-refractivity contribution in [1.82, 2.24) is 0 Å². The van der Waals surface area contributed by atoms with Crippen molar-refractivity contribution in [3.05, 3.63) is 207 Å². The zero-order chi connectivity index (χ0) is 59.8. The molecule has 0 fully saturated rings. The van der Waals surface area contributed by atoms with Gasteiger partial charge in [-0.3, -0.25) is 18.6 Å². The first-order chi connectivity index (χ1) is 40.0. The van der Waals surface area contributed by atoms with Crippen LogP contribution in [0.25, 0.3) is 0 Å². The van der Waals surface area contributed by atoms with Crippen LogP contribution in [0.1, 0.15) is 181 Å². The first kappa shape index (κ1) is 76.6. The zero-order valence-corrected chi connectivity index (χ0v) is 52.5. The summed E-state index contributed by atoms with van der Waals surface area (Å²) in [6.45, 7) is 4.06. The van der Waals surface area contributed by atoms with Crippen molar-refractivity contribution in [1.29, 1.82) is 0 Å². The maximum absolute atomic E-state index is 12.8. The van der Waals surface area contributed by atoms with E-state index in [1.807, 2.05) is 21.1 Å². The van der Waals surface area contributed by atoms with E-state index >= 15 is 0 Å². The number of phosphoric ester groups is 1. The number of carbonyl (C=O) groups is 2. The number of carbonyl (C=O) groups excluding carboxylic acids is 2. The molecule has 0 radical (unpaired) electrons. The Morgan fingerprint density at radius 1 is 0.378 bits per heavy atom. The number of unbranched alkanes of at least 4 members (excludes halogenated alkanes) is 5. The van der Waals surface area contributed by atoms with Crippen molar-refractivity contribution in [3.63, 3.8) is 0 Å². The number of nitrogens with zero attached hydrogens (tertiary/aromatic N) is 1. The minimum atomic E-state index is -4.43. The van der Waals surface area contributed by atoms with E-state index < -0.39 is 32.5 Å². The van der Waals surface area contributed by atoms with Gasteiger partial charge in [-0.25, -0.2) is 4.57 Å². The summed E-state index contributed by atoms with van der Waals surface area (Å²) in [5.41, 5.74) is 0. The Hall–Kier alpha value is -5.41. The molecule has 456 valence electrons. The molecule has 10 heteroatoms. The zero-order valence-electron chi connectivity index (χ0n) is 51.6. The molecule has 2 unspecified atom stereocenters. The quantitative estimate of drug-likeness (QED) is 0.0211. The summed E-state index contributed by atoms with van der Waals surface area (Å²) in [6.07, 6.45) is 96.3. The molecule has 0 bridgehead atoms. The van der Waals surface area contributed by atoms with Crippen molar-refractivity contribution in [2.75, 3.05) is 47.5 Å². The predicted octanol–water partition coefficient (Wildman–Crippen LogP) is 19.9. The summed E-state index contributed by atoms with van der Waals surface area (Å²) in [5.74, 6) is -0.918. The van der Waals surface area contributed by atoms with E-state index in [1.54, 1.807) is 0 Å². The number of likely N-dealkylation sites (N-methyl/N-ethyl adjacent to an activating group) is 1. The van der Waals surface area contributed by atoms with Gasteiger partial charge in [0.1, 0.15) is 19.8 Å². The minimum Gasteiger partial charge on any atom is -0.462 e. The Morgan fingerprint density at radius 3 is 1.00 bits per heavy atom. The maximum atomic E-state index is 12.8. The molecule has 0 aliphatic rings. The lowest BCUT2D eigenvalue weighted by Crippen LogP contribution is -2.37. The third-order valence-corrected chi connectivity index (χ3v) is 12.8. The highest BCUT2D eigenvalue weighted by atomic mass is 31.2. The highest BCUT2D eigenvalue weighted by Crippen LogP contribution is 2.43. The molecule has 0 saturated heterocycles. The first-order valence-electron chi connectivity index (χ1n) is 30.8. The SMILES string of the molecule is CC/C=C\C/C=C\C/C=C\C/C=C\C/C=C\C/C=C\C/C=C\C/C=C\C/C=C\C/C=C\CCCCCCC(=O)OC(COC(=O)CCC/C=C\C/C=C\C/C=C\C/C=C\C/C=C\C/C=C\C/C=C\CC)COP(=O)(O)OCC[N+](C)(C)C. The van der Waals surface area contributed by atoms with Crippen LogP contribution in [0.15, 0.2) is 207 Å². The highest BCUT2D eigenvalue weighted by Gasteiger charge is 2.27. The topological polar surface area (TPSA) is 108 Å². The van der Waals surface area contributed by atoms with E-state index in [-0.39, 0.29) is 26.1 Å². The number of phosphoric acid groups is 1. The average Bonchev–Trinajstić information content (AvgIpc) is 3.45. The third kappa shape index (κ3) is 63.8. The number of rotatable bonds is 53. The Kier molecular flexibility index (Phi) is 56.2. The van der Waals surface area contributed by atoms with Gasteiger partial charge < -0.3 is 18.9 Å². The molecular weight excluding hydrogens is 1040 g/mol. The molecule has 0 aromatic heterocycles. The summed E-state index contributed by atoms with van der Waals surface area (Å²) in [7, 11) is 1.39. The van der Waals surface area contributed by atoms with E-state index in [0.29, 0.717) is 23.9 Å². The molecule has 0 aliphatic carbocycles. The van der Waals surface area contributed by atoms with E-state index in [4.69, 9.17) is 18.5 Å².